The Morgan fingerprint density at radius 2 is 1.84 bits per heavy atom. The van der Waals surface area contributed by atoms with Crippen molar-refractivity contribution in [2.75, 3.05) is 38.8 Å². The fourth-order valence-corrected chi connectivity index (χ4v) is 5.75. The molecule has 1 aromatic heterocycles. The number of carbonyl (C=O) groups is 1. The van der Waals surface area contributed by atoms with Crippen molar-refractivity contribution >= 4 is 32.7 Å². The SMILES string of the molecule is COc1cc2nccc(N3CCC(C4(CNS(=O)(=O)NC(C)=O)CC4)CC3)c2cc1OC. The number of hydrogen-bond donors (Lipinski definition) is 2. The highest BCUT2D eigenvalue weighted by Crippen LogP contribution is 2.55. The Labute approximate surface area is 188 Å². The van der Waals surface area contributed by atoms with E-state index in [0.717, 1.165) is 55.4 Å². The Morgan fingerprint density at radius 1 is 1.19 bits per heavy atom. The molecule has 10 heteroatoms. The zero-order valence-corrected chi connectivity index (χ0v) is 19.5. The Morgan fingerprint density at radius 3 is 2.44 bits per heavy atom. The number of piperidine rings is 1. The molecule has 174 valence electrons. The van der Waals surface area contributed by atoms with Gasteiger partial charge >= 0.3 is 10.2 Å². The van der Waals surface area contributed by atoms with Gasteiger partial charge in [0.2, 0.25) is 5.91 Å². The summed E-state index contributed by atoms with van der Waals surface area (Å²) in [7, 11) is -0.553. The zero-order valence-electron chi connectivity index (χ0n) is 18.7. The summed E-state index contributed by atoms with van der Waals surface area (Å²) < 4.78 is 39.4. The molecular formula is C22H30N4O5S. The molecule has 1 aliphatic carbocycles. The van der Waals surface area contributed by atoms with Gasteiger partial charge in [0.1, 0.15) is 0 Å². The quantitative estimate of drug-likeness (QED) is 0.619. The number of pyridine rings is 1. The summed E-state index contributed by atoms with van der Waals surface area (Å²) in [6.45, 7) is 3.34. The number of nitrogens with one attached hydrogen (secondary N) is 2. The van der Waals surface area contributed by atoms with Crippen LogP contribution in [0.4, 0.5) is 5.69 Å². The van der Waals surface area contributed by atoms with E-state index in [1.54, 1.807) is 14.2 Å². The lowest BCUT2D eigenvalue weighted by Gasteiger charge is -2.38. The van der Waals surface area contributed by atoms with Crippen molar-refractivity contribution in [3.63, 3.8) is 0 Å². The summed E-state index contributed by atoms with van der Waals surface area (Å²) in [6, 6.07) is 5.90. The molecule has 1 saturated heterocycles. The average Bonchev–Trinajstić information content (AvgIpc) is 3.57. The first-order valence-electron chi connectivity index (χ1n) is 10.8. The van der Waals surface area contributed by atoms with Crippen molar-refractivity contribution in [1.29, 1.82) is 0 Å². The molecule has 0 radical (unpaired) electrons. The van der Waals surface area contributed by atoms with Gasteiger partial charge in [-0.25, -0.2) is 4.72 Å². The molecule has 0 spiro atoms. The highest BCUT2D eigenvalue weighted by Gasteiger charge is 2.50. The Bertz CT molecular complexity index is 1110. The maximum atomic E-state index is 12.0. The second kappa shape index (κ2) is 8.74. The van der Waals surface area contributed by atoms with Crippen LogP contribution < -0.4 is 23.8 Å². The molecular weight excluding hydrogens is 432 g/mol. The van der Waals surface area contributed by atoms with Gasteiger partial charge in [-0.2, -0.15) is 13.1 Å². The van der Waals surface area contributed by atoms with E-state index in [9.17, 15) is 13.2 Å². The van der Waals surface area contributed by atoms with Crippen LogP contribution in [-0.4, -0.2) is 53.2 Å². The number of benzene rings is 1. The summed E-state index contributed by atoms with van der Waals surface area (Å²) >= 11 is 0. The molecule has 2 aliphatic rings. The highest BCUT2D eigenvalue weighted by atomic mass is 32.2. The van der Waals surface area contributed by atoms with E-state index in [0.29, 0.717) is 24.0 Å². The summed E-state index contributed by atoms with van der Waals surface area (Å²) in [4.78, 5) is 17.9. The molecule has 2 fully saturated rings. The minimum absolute atomic E-state index is 0.00543. The first kappa shape index (κ1) is 22.6. The Hall–Kier alpha value is -2.59. The first-order chi connectivity index (χ1) is 15.3. The van der Waals surface area contributed by atoms with Crippen LogP contribution in [0, 0.1) is 11.3 Å². The maximum Gasteiger partial charge on any atom is 0.301 e. The fraction of sp³-hybridized carbons (Fsp3) is 0.545. The third-order valence-corrected chi connectivity index (χ3v) is 7.79. The van der Waals surface area contributed by atoms with Gasteiger partial charge in [-0.15, -0.1) is 0 Å². The number of fused-ring (bicyclic) bond motifs is 1. The van der Waals surface area contributed by atoms with E-state index in [2.05, 4.69) is 14.6 Å². The number of carbonyl (C=O) groups excluding carboxylic acids is 1. The van der Waals surface area contributed by atoms with Gasteiger partial charge in [-0.05, 0) is 49.1 Å². The van der Waals surface area contributed by atoms with Gasteiger partial charge < -0.3 is 14.4 Å². The predicted molar refractivity (Wildman–Crippen MR) is 122 cm³/mol. The van der Waals surface area contributed by atoms with Gasteiger partial charge in [-0.1, -0.05) is 0 Å². The van der Waals surface area contributed by atoms with Crippen molar-refractivity contribution < 1.29 is 22.7 Å². The molecule has 32 heavy (non-hydrogen) atoms. The van der Waals surface area contributed by atoms with E-state index in [1.165, 1.54) is 6.92 Å². The minimum atomic E-state index is -3.79. The highest BCUT2D eigenvalue weighted by molar-refractivity contribution is 7.88. The lowest BCUT2D eigenvalue weighted by atomic mass is 9.81. The van der Waals surface area contributed by atoms with E-state index >= 15 is 0 Å². The van der Waals surface area contributed by atoms with Crippen LogP contribution >= 0.6 is 0 Å². The van der Waals surface area contributed by atoms with Crippen LogP contribution in [0.25, 0.3) is 10.9 Å². The van der Waals surface area contributed by atoms with E-state index < -0.39 is 16.1 Å². The van der Waals surface area contributed by atoms with Crippen molar-refractivity contribution in [1.82, 2.24) is 14.4 Å². The summed E-state index contributed by atoms with van der Waals surface area (Å²) in [5.41, 5.74) is 1.97. The van der Waals surface area contributed by atoms with E-state index in [-0.39, 0.29) is 5.41 Å². The molecule has 0 unspecified atom stereocenters. The second-order valence-electron chi connectivity index (χ2n) is 8.66. The Kier molecular flexibility index (Phi) is 6.17. The second-order valence-corrected chi connectivity index (χ2v) is 10.2. The minimum Gasteiger partial charge on any atom is -0.493 e. The summed E-state index contributed by atoms with van der Waals surface area (Å²) in [6.07, 6.45) is 5.80. The number of amides is 1. The maximum absolute atomic E-state index is 12.0. The van der Waals surface area contributed by atoms with Gasteiger partial charge in [0, 0.05) is 49.9 Å². The monoisotopic (exact) mass is 462 g/mol. The molecule has 9 nitrogen and oxygen atoms in total. The van der Waals surface area contributed by atoms with Crippen molar-refractivity contribution in [2.24, 2.45) is 11.3 Å². The molecule has 2 N–H and O–H groups in total. The lowest BCUT2D eigenvalue weighted by molar-refractivity contribution is -0.117. The molecule has 1 amide bonds. The molecule has 2 heterocycles. The molecule has 1 aliphatic heterocycles. The van der Waals surface area contributed by atoms with Crippen LogP contribution in [0.3, 0.4) is 0 Å². The summed E-state index contributed by atoms with van der Waals surface area (Å²) in [5.74, 6) is 1.18. The smallest absolute Gasteiger partial charge is 0.301 e. The third kappa shape index (κ3) is 4.61. The number of rotatable bonds is 8. The number of nitrogens with zero attached hydrogens (tertiary/aromatic N) is 2. The number of aromatic nitrogens is 1. The third-order valence-electron chi connectivity index (χ3n) is 6.71. The number of hydrogen-bond acceptors (Lipinski definition) is 7. The Balaban J connectivity index is 1.45. The van der Waals surface area contributed by atoms with Crippen molar-refractivity contribution in [3.8, 4) is 11.5 Å². The predicted octanol–water partition coefficient (Wildman–Crippen LogP) is 2.22. The van der Waals surface area contributed by atoms with Crippen LogP contribution in [0.15, 0.2) is 24.4 Å². The molecule has 0 bridgehead atoms. The summed E-state index contributed by atoms with van der Waals surface area (Å²) in [5, 5.41) is 1.02. The zero-order chi connectivity index (χ0) is 22.9. The topological polar surface area (TPSA) is 110 Å². The van der Waals surface area contributed by atoms with E-state index in [1.807, 2.05) is 29.1 Å². The first-order valence-corrected chi connectivity index (χ1v) is 12.3. The van der Waals surface area contributed by atoms with Crippen molar-refractivity contribution in [2.45, 2.75) is 32.6 Å². The van der Waals surface area contributed by atoms with Crippen LogP contribution in [0.5, 0.6) is 11.5 Å². The van der Waals surface area contributed by atoms with Crippen LogP contribution in [0.2, 0.25) is 0 Å². The lowest BCUT2D eigenvalue weighted by Crippen LogP contribution is -2.44. The fourth-order valence-electron chi connectivity index (χ4n) is 4.82. The molecule has 0 atom stereocenters. The molecule has 4 rings (SSSR count). The van der Waals surface area contributed by atoms with Gasteiger partial charge in [0.05, 0.1) is 19.7 Å². The van der Waals surface area contributed by atoms with E-state index in [4.69, 9.17) is 9.47 Å². The van der Waals surface area contributed by atoms with Gasteiger partial charge in [0.15, 0.2) is 11.5 Å². The van der Waals surface area contributed by atoms with Gasteiger partial charge in [-0.3, -0.25) is 9.78 Å². The van der Waals surface area contributed by atoms with Crippen LogP contribution in [-0.2, 0) is 15.0 Å². The van der Waals surface area contributed by atoms with Gasteiger partial charge in [0.25, 0.3) is 0 Å². The largest absolute Gasteiger partial charge is 0.493 e. The van der Waals surface area contributed by atoms with Crippen LogP contribution in [0.1, 0.15) is 32.6 Å². The van der Waals surface area contributed by atoms with Crippen molar-refractivity contribution in [3.05, 3.63) is 24.4 Å². The number of anilines is 1. The average molecular weight is 463 g/mol. The number of ether oxygens (including phenoxy) is 2. The normalized spacial score (nSPS) is 18.4. The number of methoxy groups -OCH3 is 2. The molecule has 1 saturated carbocycles. The standard InChI is InChI=1S/C22H30N4O5S/c1-15(27)25-32(28,29)24-14-22(7-8-22)16-5-10-26(11-6-16)19-4-9-23-18-13-21(31-3)20(30-2)12-17(18)19/h4,9,12-13,16,24H,5-8,10-11,14H2,1-3H3,(H,25,27). The molecule has 2 aromatic rings. The molecule has 1 aromatic carbocycles.